The van der Waals surface area contributed by atoms with E-state index in [2.05, 4.69) is 20.9 Å². The number of urea groups is 1. The molecule has 2 aromatic rings. The lowest BCUT2D eigenvalue weighted by Crippen LogP contribution is -2.34. The molecule has 1 aromatic carbocycles. The fraction of sp³-hybridized carbons (Fsp3) is 0.476. The van der Waals surface area contributed by atoms with Crippen molar-refractivity contribution in [2.45, 2.75) is 57.4 Å². The summed E-state index contributed by atoms with van der Waals surface area (Å²) >= 11 is 1.35. The van der Waals surface area contributed by atoms with Crippen LogP contribution in [0.2, 0.25) is 0 Å². The van der Waals surface area contributed by atoms with Crippen molar-refractivity contribution < 1.29 is 14.3 Å². The van der Waals surface area contributed by atoms with Crippen molar-refractivity contribution in [1.29, 1.82) is 0 Å². The van der Waals surface area contributed by atoms with E-state index in [1.807, 2.05) is 5.38 Å². The van der Waals surface area contributed by atoms with Crippen LogP contribution >= 0.6 is 11.3 Å². The van der Waals surface area contributed by atoms with Crippen LogP contribution in [-0.4, -0.2) is 30.1 Å². The van der Waals surface area contributed by atoms with Gasteiger partial charge in [-0.25, -0.2) is 9.78 Å². The highest BCUT2D eigenvalue weighted by atomic mass is 32.1. The van der Waals surface area contributed by atoms with Gasteiger partial charge in [0.25, 0.3) is 0 Å². The molecule has 0 unspecified atom stereocenters. The van der Waals surface area contributed by atoms with Crippen LogP contribution in [0.1, 0.15) is 50.6 Å². The molecule has 3 amide bonds. The van der Waals surface area contributed by atoms with Gasteiger partial charge in [-0.2, -0.15) is 0 Å². The number of carbonyl (C=O) groups is 2. The number of aromatic nitrogens is 1. The van der Waals surface area contributed by atoms with E-state index >= 15 is 0 Å². The van der Waals surface area contributed by atoms with Gasteiger partial charge in [0.05, 0.1) is 12.8 Å². The van der Waals surface area contributed by atoms with Crippen molar-refractivity contribution in [2.75, 3.05) is 17.7 Å². The number of nitrogens with one attached hydrogen (secondary N) is 3. The maximum absolute atomic E-state index is 12.2. The average Bonchev–Trinajstić information content (AvgIpc) is 3.00. The predicted molar refractivity (Wildman–Crippen MR) is 116 cm³/mol. The maximum atomic E-state index is 12.2. The summed E-state index contributed by atoms with van der Waals surface area (Å²) in [5.41, 5.74) is 1.47. The van der Waals surface area contributed by atoms with Crippen LogP contribution in [0, 0.1) is 0 Å². The highest BCUT2D eigenvalue weighted by molar-refractivity contribution is 7.13. The molecule has 0 radical (unpaired) electrons. The first-order valence-electron chi connectivity index (χ1n) is 10.1. The van der Waals surface area contributed by atoms with Crippen LogP contribution in [0.15, 0.2) is 29.6 Å². The fourth-order valence-electron chi connectivity index (χ4n) is 3.38. The first kappa shape index (κ1) is 21.1. The van der Waals surface area contributed by atoms with Crippen molar-refractivity contribution in [3.8, 4) is 5.75 Å². The summed E-state index contributed by atoms with van der Waals surface area (Å²) in [6.07, 6.45) is 8.09. The Morgan fingerprint density at radius 1 is 1.10 bits per heavy atom. The average molecular weight is 417 g/mol. The lowest BCUT2D eigenvalue weighted by molar-refractivity contribution is -0.121. The molecule has 8 heteroatoms. The van der Waals surface area contributed by atoms with Crippen molar-refractivity contribution in [2.24, 2.45) is 0 Å². The van der Waals surface area contributed by atoms with Gasteiger partial charge in [-0.15, -0.1) is 11.3 Å². The van der Waals surface area contributed by atoms with Gasteiger partial charge >= 0.3 is 6.03 Å². The summed E-state index contributed by atoms with van der Waals surface area (Å²) in [6.45, 7) is 0. The zero-order valence-corrected chi connectivity index (χ0v) is 17.5. The molecule has 156 valence electrons. The molecular formula is C21H28N4O3S. The van der Waals surface area contributed by atoms with Gasteiger partial charge in [-0.1, -0.05) is 25.7 Å². The number of aryl methyl sites for hydroxylation is 1. The molecule has 0 saturated heterocycles. The lowest BCUT2D eigenvalue weighted by Gasteiger charge is -2.15. The number of amides is 3. The number of hydrogen-bond acceptors (Lipinski definition) is 5. The highest BCUT2D eigenvalue weighted by Gasteiger charge is 2.15. The van der Waals surface area contributed by atoms with Gasteiger partial charge in [0, 0.05) is 23.5 Å². The number of ether oxygens (including phenoxy) is 1. The van der Waals surface area contributed by atoms with E-state index in [0.717, 1.165) is 24.3 Å². The Balaban J connectivity index is 1.41. The minimum atomic E-state index is -0.359. The third-order valence-corrected chi connectivity index (χ3v) is 5.76. The summed E-state index contributed by atoms with van der Waals surface area (Å²) in [5, 5.41) is 11.0. The Morgan fingerprint density at radius 3 is 2.52 bits per heavy atom. The number of benzene rings is 1. The molecule has 0 spiro atoms. The van der Waals surface area contributed by atoms with E-state index in [0.29, 0.717) is 29.7 Å². The number of nitrogens with zero attached hydrogens (tertiary/aromatic N) is 1. The van der Waals surface area contributed by atoms with E-state index in [1.54, 1.807) is 31.4 Å². The first-order valence-corrected chi connectivity index (χ1v) is 11.0. The minimum absolute atomic E-state index is 0.0802. The molecular weight excluding hydrogens is 388 g/mol. The quantitative estimate of drug-likeness (QED) is 0.577. The topological polar surface area (TPSA) is 92.3 Å². The summed E-state index contributed by atoms with van der Waals surface area (Å²) in [6, 6.07) is 7.03. The van der Waals surface area contributed by atoms with E-state index in [9.17, 15) is 9.59 Å². The van der Waals surface area contributed by atoms with Crippen LogP contribution in [0.3, 0.4) is 0 Å². The van der Waals surface area contributed by atoms with E-state index in [4.69, 9.17) is 4.74 Å². The number of thiazole rings is 1. The smallest absolute Gasteiger partial charge is 0.325 e. The third kappa shape index (κ3) is 7.05. The van der Waals surface area contributed by atoms with Crippen LogP contribution in [-0.2, 0) is 11.2 Å². The van der Waals surface area contributed by atoms with Crippen molar-refractivity contribution in [1.82, 2.24) is 10.3 Å². The normalized spacial score (nSPS) is 14.7. The summed E-state index contributed by atoms with van der Waals surface area (Å²) in [4.78, 5) is 28.7. The van der Waals surface area contributed by atoms with Crippen LogP contribution < -0.4 is 20.7 Å². The zero-order valence-electron chi connectivity index (χ0n) is 16.7. The molecule has 0 bridgehead atoms. The first-order chi connectivity index (χ1) is 14.1. The van der Waals surface area contributed by atoms with Crippen molar-refractivity contribution >= 4 is 34.1 Å². The summed E-state index contributed by atoms with van der Waals surface area (Å²) < 4.78 is 5.10. The highest BCUT2D eigenvalue weighted by Crippen LogP contribution is 2.19. The molecule has 1 saturated carbocycles. The lowest BCUT2D eigenvalue weighted by atomic mass is 10.1. The second-order valence-corrected chi connectivity index (χ2v) is 8.07. The van der Waals surface area contributed by atoms with Crippen LogP contribution in [0.5, 0.6) is 5.75 Å². The predicted octanol–water partition coefficient (Wildman–Crippen LogP) is 4.57. The molecule has 1 heterocycles. The molecule has 0 atom stereocenters. The van der Waals surface area contributed by atoms with Crippen LogP contribution in [0.25, 0.3) is 0 Å². The number of rotatable bonds is 7. The minimum Gasteiger partial charge on any atom is -0.497 e. The van der Waals surface area contributed by atoms with Gasteiger partial charge in [0.1, 0.15) is 5.75 Å². The van der Waals surface area contributed by atoms with E-state index in [-0.39, 0.29) is 11.9 Å². The molecule has 1 fully saturated rings. The molecule has 1 aliphatic rings. The largest absolute Gasteiger partial charge is 0.497 e. The number of hydrogen-bond donors (Lipinski definition) is 3. The van der Waals surface area contributed by atoms with Gasteiger partial charge in [-0.05, 0) is 43.5 Å². The Morgan fingerprint density at radius 2 is 1.83 bits per heavy atom. The zero-order chi connectivity index (χ0) is 20.5. The number of carbonyl (C=O) groups excluding carboxylic acids is 2. The van der Waals surface area contributed by atoms with Crippen molar-refractivity contribution in [3.63, 3.8) is 0 Å². The molecule has 29 heavy (non-hydrogen) atoms. The Hall–Kier alpha value is -2.61. The summed E-state index contributed by atoms with van der Waals surface area (Å²) in [5.74, 6) is 0.806. The maximum Gasteiger partial charge on any atom is 0.325 e. The molecule has 7 nitrogen and oxygen atoms in total. The van der Waals surface area contributed by atoms with Gasteiger partial charge in [0.15, 0.2) is 5.13 Å². The standard InChI is InChI=1S/C21H28N4O3S/c1-28-18-11-8-16(9-12-18)23-20(27)25-21-24-17(14-29-21)10-13-19(26)22-15-6-4-2-3-5-7-15/h8-9,11-12,14-15H,2-7,10,13H2,1H3,(H,22,26)(H2,23,24,25,27). The van der Waals surface area contributed by atoms with Gasteiger partial charge in [-0.3, -0.25) is 10.1 Å². The Kier molecular flexibility index (Phi) is 7.86. The molecule has 1 aromatic heterocycles. The van der Waals surface area contributed by atoms with E-state index < -0.39 is 0 Å². The van der Waals surface area contributed by atoms with Crippen molar-refractivity contribution in [3.05, 3.63) is 35.3 Å². The Bertz CT molecular complexity index is 799. The van der Waals surface area contributed by atoms with Gasteiger partial charge < -0.3 is 15.4 Å². The molecule has 3 N–H and O–H groups in total. The molecule has 0 aliphatic heterocycles. The molecule has 1 aliphatic carbocycles. The van der Waals surface area contributed by atoms with E-state index in [1.165, 1.54) is 37.0 Å². The Labute approximate surface area is 175 Å². The molecule has 3 rings (SSSR count). The second-order valence-electron chi connectivity index (χ2n) is 7.21. The SMILES string of the molecule is COc1ccc(NC(=O)Nc2nc(CCC(=O)NC3CCCCCC3)cs2)cc1. The van der Waals surface area contributed by atoms with Gasteiger partial charge in [0.2, 0.25) is 5.91 Å². The monoisotopic (exact) mass is 416 g/mol. The number of anilines is 2. The number of methoxy groups -OCH3 is 1. The fourth-order valence-corrected chi connectivity index (χ4v) is 4.12. The van der Waals surface area contributed by atoms with Crippen LogP contribution in [0.4, 0.5) is 15.6 Å². The third-order valence-electron chi connectivity index (χ3n) is 4.95. The second kappa shape index (κ2) is 10.8. The summed E-state index contributed by atoms with van der Waals surface area (Å²) in [7, 11) is 1.59.